The molecule has 1 aromatic heterocycles. The van der Waals surface area contributed by atoms with E-state index in [4.69, 9.17) is 5.26 Å². The van der Waals surface area contributed by atoms with Crippen LogP contribution in [-0.4, -0.2) is 21.6 Å². The van der Waals surface area contributed by atoms with E-state index >= 15 is 0 Å². The molecule has 0 aliphatic carbocycles. The summed E-state index contributed by atoms with van der Waals surface area (Å²) in [6, 6.07) is 8.98. The smallest absolute Gasteiger partial charge is 0.325 e. The van der Waals surface area contributed by atoms with Crippen LogP contribution in [0.4, 0.5) is 18.9 Å². The number of anilines is 1. The van der Waals surface area contributed by atoms with Crippen molar-refractivity contribution in [2.45, 2.75) is 11.3 Å². The van der Waals surface area contributed by atoms with E-state index in [-0.39, 0.29) is 10.9 Å². The number of carbonyl (C=O) groups is 1. The molecule has 1 aromatic carbocycles. The van der Waals surface area contributed by atoms with E-state index in [0.717, 1.165) is 24.0 Å². The zero-order valence-electron chi connectivity index (χ0n) is 11.5. The maximum atomic E-state index is 12.5. The monoisotopic (exact) mass is 338 g/mol. The highest BCUT2D eigenvalue weighted by Crippen LogP contribution is 2.28. The Balaban J connectivity index is 1.95. The zero-order chi connectivity index (χ0) is 16.9. The van der Waals surface area contributed by atoms with Gasteiger partial charge in [0.25, 0.3) is 0 Å². The minimum absolute atomic E-state index is 0.138. The lowest BCUT2D eigenvalue weighted by Crippen LogP contribution is -2.15. The molecule has 0 spiro atoms. The van der Waals surface area contributed by atoms with Crippen LogP contribution in [0.15, 0.2) is 41.7 Å². The van der Waals surface area contributed by atoms with Crippen LogP contribution in [0.1, 0.15) is 11.3 Å². The lowest BCUT2D eigenvalue weighted by Gasteiger charge is -2.07. The molecule has 0 unspecified atom stereocenters. The van der Waals surface area contributed by atoms with Crippen molar-refractivity contribution in [3.05, 3.63) is 47.8 Å². The molecule has 1 N–H and O–H groups in total. The van der Waals surface area contributed by atoms with E-state index in [1.807, 2.05) is 6.07 Å². The Labute approximate surface area is 133 Å². The Bertz CT molecular complexity index is 758. The van der Waals surface area contributed by atoms with Crippen LogP contribution in [0.2, 0.25) is 0 Å². The topological polar surface area (TPSA) is 78.7 Å². The molecule has 0 saturated carbocycles. The third-order valence-corrected chi connectivity index (χ3v) is 3.39. The second kappa shape index (κ2) is 7.11. The van der Waals surface area contributed by atoms with Gasteiger partial charge in [-0.25, -0.2) is 9.97 Å². The number of thioether (sulfide) groups is 1. The minimum Gasteiger partial charge on any atom is -0.325 e. The molecule has 118 valence electrons. The SMILES string of the molecule is N#Cc1cccc(NC(=O)CSc2nccc(C(F)(F)F)n2)c1. The molecule has 1 amide bonds. The standard InChI is InChI=1S/C14H9F3N4OS/c15-14(16,17)11-4-5-19-13(21-11)23-8-12(22)20-10-3-1-2-9(6-10)7-18/h1-6H,8H2,(H,20,22). The number of nitrogens with one attached hydrogen (secondary N) is 1. The third kappa shape index (κ3) is 4.96. The molecule has 9 heteroatoms. The van der Waals surface area contributed by atoms with Crippen molar-refractivity contribution in [3.8, 4) is 6.07 Å². The quantitative estimate of drug-likeness (QED) is 0.684. The Kier molecular flexibility index (Phi) is 5.18. The number of nitrogens with zero attached hydrogens (tertiary/aromatic N) is 3. The van der Waals surface area contributed by atoms with Crippen LogP contribution in [-0.2, 0) is 11.0 Å². The van der Waals surface area contributed by atoms with Crippen molar-refractivity contribution in [1.29, 1.82) is 5.26 Å². The van der Waals surface area contributed by atoms with E-state index in [0.29, 0.717) is 11.3 Å². The zero-order valence-corrected chi connectivity index (χ0v) is 12.3. The Morgan fingerprint density at radius 1 is 1.35 bits per heavy atom. The molecule has 5 nitrogen and oxygen atoms in total. The number of hydrogen-bond acceptors (Lipinski definition) is 5. The van der Waals surface area contributed by atoms with Gasteiger partial charge in [0.1, 0.15) is 5.69 Å². The fraction of sp³-hybridized carbons (Fsp3) is 0.143. The van der Waals surface area contributed by atoms with E-state index in [1.54, 1.807) is 18.2 Å². The predicted octanol–water partition coefficient (Wildman–Crippen LogP) is 3.10. The largest absolute Gasteiger partial charge is 0.433 e. The van der Waals surface area contributed by atoms with Gasteiger partial charge >= 0.3 is 6.18 Å². The molecule has 0 bridgehead atoms. The summed E-state index contributed by atoms with van der Waals surface area (Å²) in [6.07, 6.45) is -3.56. The fourth-order valence-electron chi connectivity index (χ4n) is 1.56. The summed E-state index contributed by atoms with van der Waals surface area (Å²) in [7, 11) is 0. The third-order valence-electron chi connectivity index (χ3n) is 2.53. The maximum Gasteiger partial charge on any atom is 0.433 e. The summed E-state index contributed by atoms with van der Waals surface area (Å²) in [5, 5.41) is 11.2. The first-order valence-electron chi connectivity index (χ1n) is 6.21. The molecule has 1 heterocycles. The minimum atomic E-state index is -4.56. The van der Waals surface area contributed by atoms with Crippen molar-refractivity contribution < 1.29 is 18.0 Å². The van der Waals surface area contributed by atoms with Gasteiger partial charge in [-0.3, -0.25) is 4.79 Å². The summed E-state index contributed by atoms with van der Waals surface area (Å²) >= 11 is 0.789. The molecule has 0 aliphatic rings. The maximum absolute atomic E-state index is 12.5. The molecule has 0 atom stereocenters. The highest BCUT2D eigenvalue weighted by molar-refractivity contribution is 7.99. The van der Waals surface area contributed by atoms with Gasteiger partial charge in [-0.2, -0.15) is 18.4 Å². The highest BCUT2D eigenvalue weighted by atomic mass is 32.2. The van der Waals surface area contributed by atoms with Gasteiger partial charge in [0.2, 0.25) is 5.91 Å². The van der Waals surface area contributed by atoms with E-state index in [2.05, 4.69) is 15.3 Å². The second-order valence-electron chi connectivity index (χ2n) is 4.25. The molecule has 0 radical (unpaired) electrons. The molecule has 0 aliphatic heterocycles. The lowest BCUT2D eigenvalue weighted by atomic mass is 10.2. The van der Waals surface area contributed by atoms with Crippen LogP contribution in [0.5, 0.6) is 0 Å². The number of halogens is 3. The summed E-state index contributed by atoms with van der Waals surface area (Å²) in [5.41, 5.74) is -0.242. The van der Waals surface area contributed by atoms with Gasteiger partial charge in [-0.15, -0.1) is 0 Å². The first-order chi connectivity index (χ1) is 10.9. The number of hydrogen-bond donors (Lipinski definition) is 1. The van der Waals surface area contributed by atoms with Crippen LogP contribution in [0.3, 0.4) is 0 Å². The number of alkyl halides is 3. The number of rotatable bonds is 4. The number of amides is 1. The van der Waals surface area contributed by atoms with Gasteiger partial charge in [0, 0.05) is 11.9 Å². The lowest BCUT2D eigenvalue weighted by molar-refractivity contribution is -0.141. The number of benzene rings is 1. The molecule has 0 fully saturated rings. The van der Waals surface area contributed by atoms with E-state index < -0.39 is 17.8 Å². The second-order valence-corrected chi connectivity index (χ2v) is 5.19. The van der Waals surface area contributed by atoms with Crippen molar-refractivity contribution in [2.24, 2.45) is 0 Å². The van der Waals surface area contributed by atoms with Gasteiger partial charge in [-0.05, 0) is 24.3 Å². The molecule has 23 heavy (non-hydrogen) atoms. The Morgan fingerprint density at radius 2 is 2.13 bits per heavy atom. The van der Waals surface area contributed by atoms with E-state index in [1.165, 1.54) is 6.07 Å². The first kappa shape index (κ1) is 16.8. The van der Waals surface area contributed by atoms with Crippen LogP contribution in [0, 0.1) is 11.3 Å². The van der Waals surface area contributed by atoms with Gasteiger partial charge in [-0.1, -0.05) is 17.8 Å². The normalized spacial score (nSPS) is 10.9. The average molecular weight is 338 g/mol. The molecular weight excluding hydrogens is 329 g/mol. The summed E-state index contributed by atoms with van der Waals surface area (Å²) in [6.45, 7) is 0. The predicted molar refractivity (Wildman–Crippen MR) is 77.5 cm³/mol. The molecule has 0 saturated heterocycles. The molecular formula is C14H9F3N4OS. The highest BCUT2D eigenvalue weighted by Gasteiger charge is 2.32. The van der Waals surface area contributed by atoms with Crippen LogP contribution < -0.4 is 5.32 Å². The molecule has 2 rings (SSSR count). The number of nitriles is 1. The van der Waals surface area contributed by atoms with Gasteiger partial charge < -0.3 is 5.32 Å². The molecule has 2 aromatic rings. The van der Waals surface area contributed by atoms with Gasteiger partial charge in [0.15, 0.2) is 5.16 Å². The number of aromatic nitrogens is 2. The average Bonchev–Trinajstić information content (AvgIpc) is 2.52. The number of carbonyl (C=O) groups excluding carboxylic acids is 1. The van der Waals surface area contributed by atoms with Crippen LogP contribution in [0.25, 0.3) is 0 Å². The van der Waals surface area contributed by atoms with Crippen molar-refractivity contribution in [1.82, 2.24) is 9.97 Å². The van der Waals surface area contributed by atoms with Gasteiger partial charge in [0.05, 0.1) is 17.4 Å². The van der Waals surface area contributed by atoms with Crippen LogP contribution >= 0.6 is 11.8 Å². The Hall–Kier alpha value is -2.60. The first-order valence-corrected chi connectivity index (χ1v) is 7.20. The van der Waals surface area contributed by atoms with Crippen molar-refractivity contribution in [2.75, 3.05) is 11.1 Å². The summed E-state index contributed by atoms with van der Waals surface area (Å²) < 4.78 is 37.6. The van der Waals surface area contributed by atoms with Crippen molar-refractivity contribution >= 4 is 23.4 Å². The fourth-order valence-corrected chi connectivity index (χ4v) is 2.19. The van der Waals surface area contributed by atoms with Crippen molar-refractivity contribution in [3.63, 3.8) is 0 Å². The summed E-state index contributed by atoms with van der Waals surface area (Å²) in [4.78, 5) is 18.8. The summed E-state index contributed by atoms with van der Waals surface area (Å²) in [5.74, 6) is -0.593. The van der Waals surface area contributed by atoms with E-state index in [9.17, 15) is 18.0 Å². The Morgan fingerprint density at radius 3 is 2.83 bits per heavy atom.